The molecular weight excluding hydrogens is 294 g/mol. The van der Waals surface area contributed by atoms with Gasteiger partial charge in [-0.1, -0.05) is 0 Å². The molecule has 7 nitrogen and oxygen atoms in total. The molecule has 0 radical (unpaired) electrons. The summed E-state index contributed by atoms with van der Waals surface area (Å²) in [6, 6.07) is 1.35. The minimum Gasteiger partial charge on any atom is -0.464 e. The van der Waals surface area contributed by atoms with Gasteiger partial charge in [0.1, 0.15) is 6.61 Å². The second-order valence-corrected chi connectivity index (χ2v) is 3.96. The fraction of sp³-hybridized carbons (Fsp3) is 0.333. The Morgan fingerprint density at radius 3 is 3.00 bits per heavy atom. The van der Waals surface area contributed by atoms with E-state index in [1.54, 1.807) is 0 Å². The molecule has 0 aliphatic rings. The number of pyridine rings is 1. The standard InChI is InChI=1S/C9H10BrN3O4/c1-6(14)17-3-2-11-9-8(13(15)16)4-7(10)5-12-9/h4-5H,2-3H2,1H3,(H,11,12). The van der Waals surface area contributed by atoms with Crippen molar-refractivity contribution in [2.24, 2.45) is 0 Å². The summed E-state index contributed by atoms with van der Waals surface area (Å²) in [4.78, 5) is 24.6. The zero-order chi connectivity index (χ0) is 12.8. The summed E-state index contributed by atoms with van der Waals surface area (Å²) in [5.41, 5.74) is -0.137. The lowest BCUT2D eigenvalue weighted by Crippen LogP contribution is -2.13. The highest BCUT2D eigenvalue weighted by molar-refractivity contribution is 9.10. The molecule has 0 aliphatic heterocycles. The topological polar surface area (TPSA) is 94.4 Å². The van der Waals surface area contributed by atoms with Gasteiger partial charge in [0.25, 0.3) is 0 Å². The van der Waals surface area contributed by atoms with Crippen LogP contribution in [0.4, 0.5) is 11.5 Å². The molecule has 1 aromatic rings. The predicted molar refractivity (Wildman–Crippen MR) is 63.7 cm³/mol. The van der Waals surface area contributed by atoms with Crippen LogP contribution < -0.4 is 5.32 Å². The molecule has 0 amide bonds. The Morgan fingerprint density at radius 1 is 1.71 bits per heavy atom. The van der Waals surface area contributed by atoms with Gasteiger partial charge in [0.2, 0.25) is 5.82 Å². The lowest BCUT2D eigenvalue weighted by molar-refractivity contribution is -0.384. The molecule has 17 heavy (non-hydrogen) atoms. The Kier molecular flexibility index (Phi) is 4.83. The van der Waals surface area contributed by atoms with Crippen molar-refractivity contribution in [3.63, 3.8) is 0 Å². The molecule has 0 aliphatic carbocycles. The first kappa shape index (κ1) is 13.4. The Balaban J connectivity index is 2.64. The van der Waals surface area contributed by atoms with Gasteiger partial charge in [-0.3, -0.25) is 14.9 Å². The van der Waals surface area contributed by atoms with Crippen molar-refractivity contribution < 1.29 is 14.5 Å². The van der Waals surface area contributed by atoms with Gasteiger partial charge < -0.3 is 10.1 Å². The maximum Gasteiger partial charge on any atom is 0.312 e. The summed E-state index contributed by atoms with van der Waals surface area (Å²) >= 11 is 3.10. The zero-order valence-electron chi connectivity index (χ0n) is 8.97. The van der Waals surface area contributed by atoms with Crippen molar-refractivity contribution in [2.75, 3.05) is 18.5 Å². The van der Waals surface area contributed by atoms with Crippen molar-refractivity contribution in [2.45, 2.75) is 6.92 Å². The number of aromatic nitrogens is 1. The fourth-order valence-electron chi connectivity index (χ4n) is 1.07. The minimum atomic E-state index is -0.536. The number of nitro groups is 1. The van der Waals surface area contributed by atoms with E-state index in [0.717, 1.165) is 0 Å². The van der Waals surface area contributed by atoms with Crippen molar-refractivity contribution in [3.05, 3.63) is 26.9 Å². The molecular formula is C9H10BrN3O4. The number of hydrogen-bond acceptors (Lipinski definition) is 6. The van der Waals surface area contributed by atoms with Gasteiger partial charge in [0, 0.05) is 23.7 Å². The maximum absolute atomic E-state index is 10.7. The zero-order valence-corrected chi connectivity index (χ0v) is 10.6. The molecule has 0 saturated carbocycles. The lowest BCUT2D eigenvalue weighted by Gasteiger charge is -2.06. The lowest BCUT2D eigenvalue weighted by atomic mass is 10.4. The van der Waals surface area contributed by atoms with Crippen LogP contribution in [0.1, 0.15) is 6.92 Å². The van der Waals surface area contributed by atoms with E-state index in [-0.39, 0.29) is 24.7 Å². The summed E-state index contributed by atoms with van der Waals surface area (Å²) in [5, 5.41) is 13.5. The van der Waals surface area contributed by atoms with E-state index < -0.39 is 10.9 Å². The average molecular weight is 304 g/mol. The smallest absolute Gasteiger partial charge is 0.312 e. The van der Waals surface area contributed by atoms with Crippen molar-refractivity contribution in [1.29, 1.82) is 0 Å². The number of carbonyl (C=O) groups is 1. The molecule has 0 unspecified atom stereocenters. The van der Waals surface area contributed by atoms with Gasteiger partial charge >= 0.3 is 11.7 Å². The Morgan fingerprint density at radius 2 is 2.41 bits per heavy atom. The van der Waals surface area contributed by atoms with Crippen LogP contribution in [-0.4, -0.2) is 29.0 Å². The molecule has 1 rings (SSSR count). The third kappa shape index (κ3) is 4.35. The van der Waals surface area contributed by atoms with Gasteiger partial charge in [-0.05, 0) is 15.9 Å². The van der Waals surface area contributed by atoms with Crippen LogP contribution in [0.25, 0.3) is 0 Å². The highest BCUT2D eigenvalue weighted by Crippen LogP contribution is 2.24. The number of carbonyl (C=O) groups excluding carboxylic acids is 1. The van der Waals surface area contributed by atoms with Gasteiger partial charge in [-0.25, -0.2) is 4.98 Å². The largest absolute Gasteiger partial charge is 0.464 e. The van der Waals surface area contributed by atoms with Gasteiger partial charge in [0.15, 0.2) is 0 Å². The second kappa shape index (κ2) is 6.14. The molecule has 0 saturated heterocycles. The number of anilines is 1. The first-order valence-corrected chi connectivity index (χ1v) is 5.47. The molecule has 0 fully saturated rings. The molecule has 0 bridgehead atoms. The predicted octanol–water partition coefficient (Wildman–Crippen LogP) is 1.73. The number of nitrogens with zero attached hydrogens (tertiary/aromatic N) is 2. The van der Waals surface area contributed by atoms with E-state index >= 15 is 0 Å². The number of esters is 1. The minimum absolute atomic E-state index is 0.129. The molecule has 1 N–H and O–H groups in total. The monoisotopic (exact) mass is 303 g/mol. The van der Waals surface area contributed by atoms with Gasteiger partial charge in [-0.2, -0.15) is 0 Å². The van der Waals surface area contributed by atoms with Crippen LogP contribution in [0.2, 0.25) is 0 Å². The van der Waals surface area contributed by atoms with Crippen LogP contribution in [-0.2, 0) is 9.53 Å². The maximum atomic E-state index is 10.7. The molecule has 0 atom stereocenters. The van der Waals surface area contributed by atoms with Gasteiger partial charge in [0.05, 0.1) is 11.5 Å². The molecule has 0 spiro atoms. The molecule has 1 heterocycles. The third-order valence-corrected chi connectivity index (χ3v) is 2.16. The van der Waals surface area contributed by atoms with Crippen LogP contribution in [0.15, 0.2) is 16.7 Å². The average Bonchev–Trinajstić information content (AvgIpc) is 2.25. The van der Waals surface area contributed by atoms with E-state index in [0.29, 0.717) is 4.47 Å². The molecule has 8 heteroatoms. The highest BCUT2D eigenvalue weighted by atomic mass is 79.9. The van der Waals surface area contributed by atoms with E-state index in [9.17, 15) is 14.9 Å². The van der Waals surface area contributed by atoms with Gasteiger partial charge in [-0.15, -0.1) is 0 Å². The van der Waals surface area contributed by atoms with E-state index in [2.05, 4.69) is 31.0 Å². The molecule has 92 valence electrons. The molecule has 1 aromatic heterocycles. The van der Waals surface area contributed by atoms with Crippen LogP contribution >= 0.6 is 15.9 Å². The van der Waals surface area contributed by atoms with Crippen LogP contribution in [0, 0.1) is 10.1 Å². The van der Waals surface area contributed by atoms with Crippen molar-refractivity contribution in [1.82, 2.24) is 4.98 Å². The Labute approximate surface area is 105 Å². The molecule has 0 aromatic carbocycles. The number of hydrogen-bond donors (Lipinski definition) is 1. The third-order valence-electron chi connectivity index (χ3n) is 1.73. The highest BCUT2D eigenvalue weighted by Gasteiger charge is 2.15. The van der Waals surface area contributed by atoms with Crippen LogP contribution in [0.3, 0.4) is 0 Å². The first-order valence-electron chi connectivity index (χ1n) is 4.68. The van der Waals surface area contributed by atoms with Crippen LogP contribution in [0.5, 0.6) is 0 Å². The van der Waals surface area contributed by atoms with Crippen molar-refractivity contribution >= 4 is 33.4 Å². The normalized spacial score (nSPS) is 9.76. The SMILES string of the molecule is CC(=O)OCCNc1ncc(Br)cc1[N+](=O)[O-]. The second-order valence-electron chi connectivity index (χ2n) is 3.05. The summed E-state index contributed by atoms with van der Waals surface area (Å²) in [6.07, 6.45) is 1.45. The quantitative estimate of drug-likeness (QED) is 0.385. The fourth-order valence-corrected chi connectivity index (χ4v) is 1.39. The Hall–Kier alpha value is -1.70. The number of nitrogens with one attached hydrogen (secondary N) is 1. The van der Waals surface area contributed by atoms with Crippen molar-refractivity contribution in [3.8, 4) is 0 Å². The first-order chi connectivity index (χ1) is 8.00. The summed E-state index contributed by atoms with van der Waals surface area (Å²) in [7, 11) is 0. The summed E-state index contributed by atoms with van der Waals surface area (Å²) in [6.45, 7) is 1.68. The summed E-state index contributed by atoms with van der Waals surface area (Å²) in [5.74, 6) is -0.254. The number of halogens is 1. The Bertz CT molecular complexity index is 438. The van der Waals surface area contributed by atoms with E-state index in [1.807, 2.05) is 0 Å². The van der Waals surface area contributed by atoms with E-state index in [4.69, 9.17) is 0 Å². The number of rotatable bonds is 5. The number of ether oxygens (including phenoxy) is 1. The summed E-state index contributed by atoms with van der Waals surface area (Å²) < 4.78 is 5.20. The van der Waals surface area contributed by atoms with E-state index in [1.165, 1.54) is 19.2 Å².